The summed E-state index contributed by atoms with van der Waals surface area (Å²) in [5.74, 6) is 7.42. The summed E-state index contributed by atoms with van der Waals surface area (Å²) in [7, 11) is 2.13. The molecule has 1 rings (SSSR count). The Balaban J connectivity index is 2.46. The number of rotatable bonds is 7. The van der Waals surface area contributed by atoms with Crippen LogP contribution in [-0.2, 0) is 0 Å². The van der Waals surface area contributed by atoms with Gasteiger partial charge in [-0.15, -0.1) is 0 Å². The van der Waals surface area contributed by atoms with Gasteiger partial charge in [-0.2, -0.15) is 0 Å². The lowest BCUT2D eigenvalue weighted by atomic mass is 10.1. The average Bonchev–Trinajstić information content (AvgIpc) is 2.47. The van der Waals surface area contributed by atoms with E-state index in [1.165, 1.54) is 0 Å². The fourth-order valence-corrected chi connectivity index (χ4v) is 1.90. The van der Waals surface area contributed by atoms with Crippen LogP contribution in [0.1, 0.15) is 32.8 Å². The molecule has 116 valence electrons. The third kappa shape index (κ3) is 6.66. The molecular formula is C18H27NO2. The Kier molecular flexibility index (Phi) is 7.89. The van der Waals surface area contributed by atoms with Crippen molar-refractivity contribution in [3.63, 3.8) is 0 Å². The maximum Gasteiger partial charge on any atom is 0.120 e. The highest BCUT2D eigenvalue weighted by molar-refractivity contribution is 5.39. The average molecular weight is 289 g/mol. The Bertz CT molecular complexity index is 474. The first-order valence-corrected chi connectivity index (χ1v) is 7.57. The van der Waals surface area contributed by atoms with E-state index in [9.17, 15) is 0 Å². The topological polar surface area (TPSA) is 32.7 Å². The molecular weight excluding hydrogens is 262 g/mol. The highest BCUT2D eigenvalue weighted by Gasteiger charge is 2.12. The van der Waals surface area contributed by atoms with E-state index in [4.69, 9.17) is 9.84 Å². The molecule has 3 nitrogen and oxygen atoms in total. The number of hydrogen-bond donors (Lipinski definition) is 1. The molecule has 0 spiro atoms. The Hall–Kier alpha value is -1.50. The molecule has 0 aliphatic rings. The third-order valence-electron chi connectivity index (χ3n) is 3.68. The Morgan fingerprint density at radius 3 is 2.71 bits per heavy atom. The summed E-state index contributed by atoms with van der Waals surface area (Å²) < 4.78 is 5.79. The zero-order chi connectivity index (χ0) is 15.7. The van der Waals surface area contributed by atoms with Crippen LogP contribution in [0.15, 0.2) is 24.3 Å². The Morgan fingerprint density at radius 2 is 2.05 bits per heavy atom. The van der Waals surface area contributed by atoms with Gasteiger partial charge in [-0.25, -0.2) is 0 Å². The summed E-state index contributed by atoms with van der Waals surface area (Å²) in [5.41, 5.74) is 0.921. The molecule has 1 aromatic carbocycles. The van der Waals surface area contributed by atoms with Gasteiger partial charge >= 0.3 is 0 Å². The fourth-order valence-electron chi connectivity index (χ4n) is 1.90. The van der Waals surface area contributed by atoms with E-state index in [1.807, 2.05) is 24.3 Å². The first kappa shape index (κ1) is 17.6. The summed E-state index contributed by atoms with van der Waals surface area (Å²) >= 11 is 0. The Labute approximate surface area is 128 Å². The lowest BCUT2D eigenvalue weighted by molar-refractivity contribution is 0.170. The molecule has 1 N–H and O–H groups in total. The Morgan fingerprint density at radius 1 is 1.29 bits per heavy atom. The van der Waals surface area contributed by atoms with E-state index in [0.717, 1.165) is 17.9 Å². The second-order valence-corrected chi connectivity index (χ2v) is 5.62. The minimum atomic E-state index is 0.101. The minimum Gasteiger partial charge on any atom is -0.492 e. The molecule has 0 saturated carbocycles. The van der Waals surface area contributed by atoms with Crippen molar-refractivity contribution in [2.24, 2.45) is 5.92 Å². The molecule has 3 heteroatoms. The first-order chi connectivity index (χ1) is 10.0. The van der Waals surface area contributed by atoms with Gasteiger partial charge < -0.3 is 14.7 Å². The molecule has 0 aliphatic heterocycles. The summed E-state index contributed by atoms with van der Waals surface area (Å²) in [6.45, 7) is 8.37. The van der Waals surface area contributed by atoms with Gasteiger partial charge in [0, 0.05) is 24.6 Å². The lowest BCUT2D eigenvalue weighted by Gasteiger charge is -2.27. The quantitative estimate of drug-likeness (QED) is 0.784. The van der Waals surface area contributed by atoms with Crippen LogP contribution >= 0.6 is 0 Å². The standard InChI is InChI=1S/C18H27NO2/c1-15(2)16(3)19(4)11-13-21-18-10-7-9-17(14-18)8-5-6-12-20/h7,9-10,14-16,20H,6,11-13H2,1-4H3. The highest BCUT2D eigenvalue weighted by Crippen LogP contribution is 2.13. The van der Waals surface area contributed by atoms with Crippen LogP contribution in [0, 0.1) is 17.8 Å². The number of likely N-dealkylation sites (N-methyl/N-ethyl adjacent to an activating group) is 1. The number of benzene rings is 1. The van der Waals surface area contributed by atoms with Crippen LogP contribution < -0.4 is 4.74 Å². The zero-order valence-corrected chi connectivity index (χ0v) is 13.6. The number of aliphatic hydroxyl groups excluding tert-OH is 1. The van der Waals surface area contributed by atoms with Crippen molar-refractivity contribution in [1.82, 2.24) is 4.90 Å². The van der Waals surface area contributed by atoms with Crippen molar-refractivity contribution >= 4 is 0 Å². The van der Waals surface area contributed by atoms with Crippen LogP contribution in [0.5, 0.6) is 5.75 Å². The fraction of sp³-hybridized carbons (Fsp3) is 0.556. The van der Waals surface area contributed by atoms with Crippen molar-refractivity contribution in [2.45, 2.75) is 33.2 Å². The van der Waals surface area contributed by atoms with Gasteiger partial charge in [0.1, 0.15) is 12.4 Å². The number of aliphatic hydroxyl groups is 1. The van der Waals surface area contributed by atoms with E-state index >= 15 is 0 Å². The predicted octanol–water partition coefficient (Wildman–Crippen LogP) is 2.78. The maximum atomic E-state index is 8.72. The summed E-state index contributed by atoms with van der Waals surface area (Å²) in [6, 6.07) is 8.33. The molecule has 1 unspecified atom stereocenters. The summed E-state index contributed by atoms with van der Waals surface area (Å²) in [4.78, 5) is 2.32. The van der Waals surface area contributed by atoms with Gasteiger partial charge in [0.15, 0.2) is 0 Å². The molecule has 0 fully saturated rings. The molecule has 0 aliphatic carbocycles. The third-order valence-corrected chi connectivity index (χ3v) is 3.68. The van der Waals surface area contributed by atoms with Gasteiger partial charge in [-0.1, -0.05) is 31.8 Å². The maximum absolute atomic E-state index is 8.72. The predicted molar refractivity (Wildman–Crippen MR) is 87.4 cm³/mol. The van der Waals surface area contributed by atoms with E-state index in [-0.39, 0.29) is 6.61 Å². The largest absolute Gasteiger partial charge is 0.492 e. The van der Waals surface area contributed by atoms with Gasteiger partial charge in [0.05, 0.1) is 6.61 Å². The zero-order valence-electron chi connectivity index (χ0n) is 13.6. The highest BCUT2D eigenvalue weighted by atomic mass is 16.5. The second-order valence-electron chi connectivity index (χ2n) is 5.62. The summed E-state index contributed by atoms with van der Waals surface area (Å²) in [5, 5.41) is 8.72. The first-order valence-electron chi connectivity index (χ1n) is 7.57. The molecule has 0 aromatic heterocycles. The SMILES string of the molecule is CC(C)C(C)N(C)CCOc1cccc(C#CCCO)c1. The normalized spacial score (nSPS) is 12.1. The molecule has 0 radical (unpaired) electrons. The number of nitrogens with zero attached hydrogens (tertiary/aromatic N) is 1. The van der Waals surface area contributed by atoms with Crippen molar-refractivity contribution in [2.75, 3.05) is 26.8 Å². The van der Waals surface area contributed by atoms with Crippen LogP contribution in [0.3, 0.4) is 0 Å². The van der Waals surface area contributed by atoms with Crippen molar-refractivity contribution < 1.29 is 9.84 Å². The monoisotopic (exact) mass is 289 g/mol. The molecule has 21 heavy (non-hydrogen) atoms. The van der Waals surface area contributed by atoms with Crippen LogP contribution in [0.2, 0.25) is 0 Å². The van der Waals surface area contributed by atoms with Gasteiger partial charge in [-0.05, 0) is 38.1 Å². The molecule has 1 aromatic rings. The minimum absolute atomic E-state index is 0.101. The van der Waals surface area contributed by atoms with E-state index in [0.29, 0.717) is 25.0 Å². The smallest absolute Gasteiger partial charge is 0.120 e. The molecule has 0 bridgehead atoms. The lowest BCUT2D eigenvalue weighted by Crippen LogP contribution is -2.36. The van der Waals surface area contributed by atoms with Crippen molar-refractivity contribution in [3.8, 4) is 17.6 Å². The van der Waals surface area contributed by atoms with Gasteiger partial charge in [-0.3, -0.25) is 0 Å². The van der Waals surface area contributed by atoms with Crippen LogP contribution in [-0.4, -0.2) is 42.9 Å². The number of ether oxygens (including phenoxy) is 1. The van der Waals surface area contributed by atoms with Crippen molar-refractivity contribution in [3.05, 3.63) is 29.8 Å². The van der Waals surface area contributed by atoms with Gasteiger partial charge in [0.2, 0.25) is 0 Å². The molecule has 1 atom stereocenters. The molecule has 0 saturated heterocycles. The van der Waals surface area contributed by atoms with E-state index < -0.39 is 0 Å². The van der Waals surface area contributed by atoms with Crippen LogP contribution in [0.4, 0.5) is 0 Å². The van der Waals surface area contributed by atoms with Gasteiger partial charge in [0.25, 0.3) is 0 Å². The van der Waals surface area contributed by atoms with Crippen LogP contribution in [0.25, 0.3) is 0 Å². The summed E-state index contributed by atoms with van der Waals surface area (Å²) in [6.07, 6.45) is 0.503. The second kappa shape index (κ2) is 9.44. The molecule has 0 heterocycles. The van der Waals surface area contributed by atoms with Crippen molar-refractivity contribution in [1.29, 1.82) is 0 Å². The van der Waals surface area contributed by atoms with E-state index in [1.54, 1.807) is 0 Å². The van der Waals surface area contributed by atoms with E-state index in [2.05, 4.69) is 44.6 Å². The number of hydrogen-bond acceptors (Lipinski definition) is 3. The molecule has 0 amide bonds.